The lowest BCUT2D eigenvalue weighted by molar-refractivity contribution is -0.118. The molecular formula is C23H20N2O4. The summed E-state index contributed by atoms with van der Waals surface area (Å²) in [6.07, 6.45) is 0.893. The number of nitrogens with one attached hydrogen (secondary N) is 1. The second-order valence-corrected chi connectivity index (χ2v) is 6.75. The van der Waals surface area contributed by atoms with Crippen LogP contribution in [0, 0.1) is 0 Å². The summed E-state index contributed by atoms with van der Waals surface area (Å²) >= 11 is 0. The van der Waals surface area contributed by atoms with Gasteiger partial charge in [0.05, 0.1) is 12.3 Å². The maximum Gasteiger partial charge on any atom is 0.263 e. The average molecular weight is 388 g/mol. The third-order valence-corrected chi connectivity index (χ3v) is 4.63. The fourth-order valence-electron chi connectivity index (χ4n) is 3.12. The number of ketones is 1. The van der Waals surface area contributed by atoms with E-state index in [1.807, 2.05) is 24.3 Å². The summed E-state index contributed by atoms with van der Waals surface area (Å²) in [5.41, 5.74) is 3.52. The number of ether oxygens (including phenoxy) is 2. The topological polar surface area (TPSA) is 77.5 Å². The average Bonchev–Trinajstić information content (AvgIpc) is 3.20. The molecule has 0 saturated heterocycles. The SMILES string of the molecule is CC(=O)c1ccc(OCC(=O)Nc2cccc(-c3ccc4c(c3)CCO4)n2)cc1. The lowest BCUT2D eigenvalue weighted by Crippen LogP contribution is -2.20. The molecule has 1 aliphatic heterocycles. The monoisotopic (exact) mass is 388 g/mol. The van der Waals surface area contributed by atoms with E-state index in [1.54, 1.807) is 30.3 Å². The van der Waals surface area contributed by atoms with Crippen molar-refractivity contribution in [2.24, 2.45) is 0 Å². The second-order valence-electron chi connectivity index (χ2n) is 6.75. The van der Waals surface area contributed by atoms with Gasteiger partial charge in [-0.2, -0.15) is 0 Å². The van der Waals surface area contributed by atoms with Crippen molar-refractivity contribution in [3.05, 3.63) is 71.8 Å². The maximum absolute atomic E-state index is 12.2. The standard InChI is InChI=1S/C23H20N2O4/c1-15(26)16-5-8-19(9-6-16)29-14-23(27)25-22-4-2-3-20(24-22)17-7-10-21-18(13-17)11-12-28-21/h2-10,13H,11-12,14H2,1H3,(H,24,25,27). The summed E-state index contributed by atoms with van der Waals surface area (Å²) in [7, 11) is 0. The molecule has 1 aliphatic rings. The normalized spacial score (nSPS) is 12.0. The molecule has 29 heavy (non-hydrogen) atoms. The molecule has 1 N–H and O–H groups in total. The number of fused-ring (bicyclic) bond motifs is 1. The molecule has 0 spiro atoms. The van der Waals surface area contributed by atoms with Crippen LogP contribution in [0.15, 0.2) is 60.7 Å². The second kappa shape index (κ2) is 8.14. The Balaban J connectivity index is 1.38. The Morgan fingerprint density at radius 3 is 2.72 bits per heavy atom. The highest BCUT2D eigenvalue weighted by Crippen LogP contribution is 2.30. The zero-order valence-electron chi connectivity index (χ0n) is 16.0. The van der Waals surface area contributed by atoms with Gasteiger partial charge in [-0.15, -0.1) is 0 Å². The van der Waals surface area contributed by atoms with Gasteiger partial charge in [0.25, 0.3) is 5.91 Å². The minimum Gasteiger partial charge on any atom is -0.493 e. The van der Waals surface area contributed by atoms with Crippen molar-refractivity contribution < 1.29 is 19.1 Å². The molecule has 0 saturated carbocycles. The van der Waals surface area contributed by atoms with E-state index in [2.05, 4.69) is 16.4 Å². The number of nitrogens with zero attached hydrogens (tertiary/aromatic N) is 1. The van der Waals surface area contributed by atoms with Crippen LogP contribution in [0.3, 0.4) is 0 Å². The maximum atomic E-state index is 12.2. The molecule has 0 bridgehead atoms. The molecule has 3 aromatic rings. The number of pyridine rings is 1. The molecule has 0 unspecified atom stereocenters. The number of rotatable bonds is 6. The summed E-state index contributed by atoms with van der Waals surface area (Å²) in [5.74, 6) is 1.57. The van der Waals surface area contributed by atoms with Gasteiger partial charge < -0.3 is 14.8 Å². The number of hydrogen-bond acceptors (Lipinski definition) is 5. The molecule has 146 valence electrons. The van der Waals surface area contributed by atoms with E-state index in [0.29, 0.717) is 23.7 Å². The van der Waals surface area contributed by atoms with Gasteiger partial charge in [-0.05, 0) is 67.1 Å². The lowest BCUT2D eigenvalue weighted by atomic mass is 10.1. The highest BCUT2D eigenvalue weighted by molar-refractivity contribution is 5.94. The van der Waals surface area contributed by atoms with Gasteiger partial charge in [0, 0.05) is 17.5 Å². The van der Waals surface area contributed by atoms with Gasteiger partial charge >= 0.3 is 0 Å². The van der Waals surface area contributed by atoms with Crippen LogP contribution in [0.5, 0.6) is 11.5 Å². The van der Waals surface area contributed by atoms with Crippen molar-refractivity contribution in [2.45, 2.75) is 13.3 Å². The molecule has 6 nitrogen and oxygen atoms in total. The van der Waals surface area contributed by atoms with Crippen molar-refractivity contribution in [2.75, 3.05) is 18.5 Å². The highest BCUT2D eigenvalue weighted by atomic mass is 16.5. The van der Waals surface area contributed by atoms with Crippen molar-refractivity contribution in [3.8, 4) is 22.8 Å². The lowest BCUT2D eigenvalue weighted by Gasteiger charge is -2.09. The summed E-state index contributed by atoms with van der Waals surface area (Å²) in [6, 6.07) is 18.2. The molecule has 4 rings (SSSR count). The number of hydrogen-bond donors (Lipinski definition) is 1. The third kappa shape index (κ3) is 4.43. The molecule has 0 fully saturated rings. The number of carbonyl (C=O) groups is 2. The molecule has 6 heteroatoms. The Bertz CT molecular complexity index is 1060. The first kappa shape index (κ1) is 18.7. The van der Waals surface area contributed by atoms with Crippen molar-refractivity contribution in [1.82, 2.24) is 4.98 Å². The van der Waals surface area contributed by atoms with Gasteiger partial charge in [0.1, 0.15) is 17.3 Å². The summed E-state index contributed by atoms with van der Waals surface area (Å²) in [5, 5.41) is 2.75. The third-order valence-electron chi connectivity index (χ3n) is 4.63. The molecule has 0 radical (unpaired) electrons. The van der Waals surface area contributed by atoms with E-state index in [4.69, 9.17) is 9.47 Å². The Hall–Kier alpha value is -3.67. The van der Waals surface area contributed by atoms with Crippen LogP contribution in [0.25, 0.3) is 11.3 Å². The Morgan fingerprint density at radius 1 is 1.10 bits per heavy atom. The molecule has 1 amide bonds. The zero-order chi connectivity index (χ0) is 20.2. The molecule has 0 atom stereocenters. The van der Waals surface area contributed by atoms with E-state index in [0.717, 1.165) is 23.4 Å². The first-order valence-electron chi connectivity index (χ1n) is 9.35. The van der Waals surface area contributed by atoms with Gasteiger partial charge in [-0.3, -0.25) is 9.59 Å². The van der Waals surface area contributed by atoms with Crippen molar-refractivity contribution in [3.63, 3.8) is 0 Å². The van der Waals surface area contributed by atoms with Gasteiger partial charge in [0.2, 0.25) is 0 Å². The van der Waals surface area contributed by atoms with Gasteiger partial charge in [-0.1, -0.05) is 6.07 Å². The Morgan fingerprint density at radius 2 is 1.93 bits per heavy atom. The van der Waals surface area contributed by atoms with Crippen LogP contribution < -0.4 is 14.8 Å². The first-order valence-corrected chi connectivity index (χ1v) is 9.35. The minimum absolute atomic E-state index is 0.0175. The summed E-state index contributed by atoms with van der Waals surface area (Å²) < 4.78 is 11.0. The number of carbonyl (C=O) groups excluding carboxylic acids is 2. The van der Waals surface area contributed by atoms with Crippen molar-refractivity contribution >= 4 is 17.5 Å². The van der Waals surface area contributed by atoms with Crippen LogP contribution in [0.4, 0.5) is 5.82 Å². The van der Waals surface area contributed by atoms with Crippen LogP contribution in [-0.2, 0) is 11.2 Å². The molecule has 2 heterocycles. The quantitative estimate of drug-likeness (QED) is 0.648. The number of anilines is 1. The summed E-state index contributed by atoms with van der Waals surface area (Å²) in [4.78, 5) is 28.0. The highest BCUT2D eigenvalue weighted by Gasteiger charge is 2.13. The summed E-state index contributed by atoms with van der Waals surface area (Å²) in [6.45, 7) is 2.06. The van der Waals surface area contributed by atoms with Crippen molar-refractivity contribution in [1.29, 1.82) is 0 Å². The number of benzene rings is 2. The molecule has 1 aromatic heterocycles. The van der Waals surface area contributed by atoms with E-state index in [9.17, 15) is 9.59 Å². The molecular weight excluding hydrogens is 368 g/mol. The number of aromatic nitrogens is 1. The van der Waals surface area contributed by atoms with Crippen LogP contribution >= 0.6 is 0 Å². The van der Waals surface area contributed by atoms with E-state index in [-0.39, 0.29) is 18.3 Å². The van der Waals surface area contributed by atoms with E-state index >= 15 is 0 Å². The molecule has 2 aromatic carbocycles. The van der Waals surface area contributed by atoms with Crippen LogP contribution in [0.1, 0.15) is 22.8 Å². The minimum atomic E-state index is -0.312. The van der Waals surface area contributed by atoms with Gasteiger partial charge in [0.15, 0.2) is 12.4 Å². The van der Waals surface area contributed by atoms with Crippen LogP contribution in [-0.4, -0.2) is 29.9 Å². The number of amides is 1. The predicted octanol–water partition coefficient (Wildman–Crippen LogP) is 3.90. The van der Waals surface area contributed by atoms with Gasteiger partial charge in [-0.25, -0.2) is 4.98 Å². The number of Topliss-reactive ketones (excluding diaryl/α,β-unsaturated/α-hetero) is 1. The Kier molecular flexibility index (Phi) is 5.24. The van der Waals surface area contributed by atoms with E-state index < -0.39 is 0 Å². The predicted molar refractivity (Wildman–Crippen MR) is 109 cm³/mol. The first-order chi connectivity index (χ1) is 14.1. The fourth-order valence-corrected chi connectivity index (χ4v) is 3.12. The smallest absolute Gasteiger partial charge is 0.263 e. The molecule has 0 aliphatic carbocycles. The fraction of sp³-hybridized carbons (Fsp3) is 0.174. The zero-order valence-corrected chi connectivity index (χ0v) is 16.0. The van der Waals surface area contributed by atoms with Crippen LogP contribution in [0.2, 0.25) is 0 Å². The Labute approximate surface area is 168 Å². The van der Waals surface area contributed by atoms with E-state index in [1.165, 1.54) is 12.5 Å². The largest absolute Gasteiger partial charge is 0.493 e.